The Hall–Kier alpha value is -2.29. The SMILES string of the molecule is Cc1ccc(/C=C/c2ccn(CCCNC=O)c2)cc1. The zero-order valence-corrected chi connectivity index (χ0v) is 11.8. The van der Waals surface area contributed by atoms with Gasteiger partial charge in [0, 0.05) is 25.5 Å². The van der Waals surface area contributed by atoms with E-state index in [9.17, 15) is 4.79 Å². The van der Waals surface area contributed by atoms with Crippen LogP contribution < -0.4 is 5.32 Å². The van der Waals surface area contributed by atoms with E-state index in [1.54, 1.807) is 0 Å². The monoisotopic (exact) mass is 268 g/mol. The van der Waals surface area contributed by atoms with Gasteiger partial charge in [-0.15, -0.1) is 0 Å². The summed E-state index contributed by atoms with van der Waals surface area (Å²) in [6.07, 6.45) is 10.1. The van der Waals surface area contributed by atoms with Crippen molar-refractivity contribution in [2.45, 2.75) is 19.9 Å². The molecule has 1 N–H and O–H groups in total. The second kappa shape index (κ2) is 7.34. The van der Waals surface area contributed by atoms with Gasteiger partial charge in [-0.3, -0.25) is 4.79 Å². The molecule has 1 aromatic carbocycles. The summed E-state index contributed by atoms with van der Waals surface area (Å²) in [5.41, 5.74) is 3.67. The summed E-state index contributed by atoms with van der Waals surface area (Å²) in [4.78, 5) is 10.1. The first kappa shape index (κ1) is 14.1. The van der Waals surface area contributed by atoms with Crippen LogP contribution in [-0.4, -0.2) is 17.5 Å². The van der Waals surface area contributed by atoms with E-state index in [0.29, 0.717) is 0 Å². The van der Waals surface area contributed by atoms with Crippen LogP contribution in [0.3, 0.4) is 0 Å². The van der Waals surface area contributed by atoms with Crippen molar-refractivity contribution >= 4 is 18.6 Å². The van der Waals surface area contributed by atoms with Gasteiger partial charge in [0.1, 0.15) is 0 Å². The second-order valence-electron chi connectivity index (χ2n) is 4.85. The number of nitrogens with zero attached hydrogens (tertiary/aromatic N) is 1. The third-order valence-corrected chi connectivity index (χ3v) is 3.14. The fourth-order valence-electron chi connectivity index (χ4n) is 1.99. The molecule has 0 aliphatic rings. The Balaban J connectivity index is 1.88. The predicted octanol–water partition coefficient (Wildman–Crippen LogP) is 3.10. The summed E-state index contributed by atoms with van der Waals surface area (Å²) >= 11 is 0. The number of hydrogen-bond donors (Lipinski definition) is 1. The Kier molecular flexibility index (Phi) is 5.18. The quantitative estimate of drug-likeness (QED) is 0.607. The molecule has 3 nitrogen and oxygen atoms in total. The van der Waals surface area contributed by atoms with Gasteiger partial charge in [0.2, 0.25) is 6.41 Å². The maximum absolute atomic E-state index is 10.1. The summed E-state index contributed by atoms with van der Waals surface area (Å²) < 4.78 is 2.14. The lowest BCUT2D eigenvalue weighted by molar-refractivity contribution is -0.109. The lowest BCUT2D eigenvalue weighted by Gasteiger charge is -2.01. The number of nitrogens with one attached hydrogen (secondary N) is 1. The highest BCUT2D eigenvalue weighted by Crippen LogP contribution is 2.10. The van der Waals surface area contributed by atoms with E-state index >= 15 is 0 Å². The molecule has 2 rings (SSSR count). The van der Waals surface area contributed by atoms with Gasteiger partial charge >= 0.3 is 0 Å². The highest BCUT2D eigenvalue weighted by molar-refractivity contribution is 5.69. The molecule has 0 bridgehead atoms. The third kappa shape index (κ3) is 4.43. The number of carbonyl (C=O) groups excluding carboxylic acids is 1. The molecule has 20 heavy (non-hydrogen) atoms. The Bertz CT molecular complexity index is 567. The van der Waals surface area contributed by atoms with Crippen molar-refractivity contribution in [1.29, 1.82) is 0 Å². The Morgan fingerprint density at radius 3 is 2.60 bits per heavy atom. The largest absolute Gasteiger partial charge is 0.359 e. The van der Waals surface area contributed by atoms with Gasteiger partial charge in [0.15, 0.2) is 0 Å². The van der Waals surface area contributed by atoms with Crippen molar-refractivity contribution < 1.29 is 4.79 Å². The van der Waals surface area contributed by atoms with Crippen molar-refractivity contribution in [3.05, 3.63) is 59.4 Å². The highest BCUT2D eigenvalue weighted by Gasteiger charge is 1.94. The summed E-state index contributed by atoms with van der Waals surface area (Å²) in [6.45, 7) is 3.72. The van der Waals surface area contributed by atoms with E-state index in [-0.39, 0.29) is 0 Å². The van der Waals surface area contributed by atoms with Crippen molar-refractivity contribution in [2.24, 2.45) is 0 Å². The highest BCUT2D eigenvalue weighted by atomic mass is 16.1. The zero-order chi connectivity index (χ0) is 14.2. The van der Waals surface area contributed by atoms with Gasteiger partial charge in [-0.05, 0) is 30.5 Å². The van der Waals surface area contributed by atoms with Gasteiger partial charge in [-0.2, -0.15) is 0 Å². The molecule has 1 heterocycles. The molecule has 0 fully saturated rings. The molecule has 0 spiro atoms. The summed E-state index contributed by atoms with van der Waals surface area (Å²) in [6, 6.07) is 10.6. The number of aryl methyl sites for hydroxylation is 2. The molecule has 0 aliphatic carbocycles. The average Bonchev–Trinajstić information content (AvgIpc) is 2.91. The Labute approximate surface area is 119 Å². The molecule has 0 unspecified atom stereocenters. The van der Waals surface area contributed by atoms with Gasteiger partial charge in [0.05, 0.1) is 0 Å². The number of benzene rings is 1. The maximum Gasteiger partial charge on any atom is 0.207 e. The predicted molar refractivity (Wildman–Crippen MR) is 83.2 cm³/mol. The van der Waals surface area contributed by atoms with E-state index in [1.807, 2.05) is 0 Å². The third-order valence-electron chi connectivity index (χ3n) is 3.14. The first-order valence-electron chi connectivity index (χ1n) is 6.85. The van der Waals surface area contributed by atoms with Gasteiger partial charge in [-0.25, -0.2) is 0 Å². The number of amides is 1. The molecule has 3 heteroatoms. The lowest BCUT2D eigenvalue weighted by Crippen LogP contribution is -2.13. The molecule has 0 atom stereocenters. The van der Waals surface area contributed by atoms with Gasteiger partial charge in [-0.1, -0.05) is 42.0 Å². The van der Waals surface area contributed by atoms with E-state index in [2.05, 4.69) is 71.7 Å². The number of aromatic nitrogens is 1. The van der Waals surface area contributed by atoms with Gasteiger partial charge < -0.3 is 9.88 Å². The average molecular weight is 268 g/mol. The van der Waals surface area contributed by atoms with E-state index in [0.717, 1.165) is 25.9 Å². The molecule has 0 aliphatic heterocycles. The van der Waals surface area contributed by atoms with Crippen LogP contribution in [-0.2, 0) is 11.3 Å². The fourth-order valence-corrected chi connectivity index (χ4v) is 1.99. The smallest absolute Gasteiger partial charge is 0.207 e. The molecule has 0 radical (unpaired) electrons. The minimum absolute atomic E-state index is 0.718. The number of rotatable bonds is 7. The maximum atomic E-state index is 10.1. The van der Waals surface area contributed by atoms with Crippen LogP contribution >= 0.6 is 0 Å². The van der Waals surface area contributed by atoms with Crippen LogP contribution in [0.1, 0.15) is 23.1 Å². The van der Waals surface area contributed by atoms with Crippen molar-refractivity contribution in [3.8, 4) is 0 Å². The molecule has 1 amide bonds. The van der Waals surface area contributed by atoms with E-state index in [4.69, 9.17) is 0 Å². The Morgan fingerprint density at radius 2 is 1.85 bits per heavy atom. The summed E-state index contributed by atoms with van der Waals surface area (Å²) in [5.74, 6) is 0. The van der Waals surface area contributed by atoms with Crippen LogP contribution in [0.2, 0.25) is 0 Å². The van der Waals surface area contributed by atoms with Crippen LogP contribution in [0.15, 0.2) is 42.7 Å². The minimum Gasteiger partial charge on any atom is -0.359 e. The second-order valence-corrected chi connectivity index (χ2v) is 4.85. The van der Waals surface area contributed by atoms with Crippen LogP contribution in [0.4, 0.5) is 0 Å². The minimum atomic E-state index is 0.718. The first-order chi connectivity index (χ1) is 9.78. The number of hydrogen-bond acceptors (Lipinski definition) is 1. The molecular weight excluding hydrogens is 248 g/mol. The standard InChI is InChI=1S/C17H20N2O/c1-15-3-5-16(6-4-15)7-8-17-9-12-19(13-17)11-2-10-18-14-20/h3-9,12-14H,2,10-11H2,1H3,(H,18,20)/b8-7+. The van der Waals surface area contributed by atoms with Crippen molar-refractivity contribution in [2.75, 3.05) is 6.54 Å². The van der Waals surface area contributed by atoms with Crippen LogP contribution in [0, 0.1) is 6.92 Å². The van der Waals surface area contributed by atoms with Crippen LogP contribution in [0.25, 0.3) is 12.2 Å². The van der Waals surface area contributed by atoms with Crippen molar-refractivity contribution in [3.63, 3.8) is 0 Å². The molecule has 2 aromatic rings. The molecule has 0 saturated heterocycles. The van der Waals surface area contributed by atoms with Crippen LogP contribution in [0.5, 0.6) is 0 Å². The summed E-state index contributed by atoms with van der Waals surface area (Å²) in [5, 5.41) is 2.67. The molecule has 104 valence electrons. The van der Waals surface area contributed by atoms with E-state index < -0.39 is 0 Å². The molecule has 0 saturated carbocycles. The van der Waals surface area contributed by atoms with Gasteiger partial charge in [0.25, 0.3) is 0 Å². The Morgan fingerprint density at radius 1 is 1.10 bits per heavy atom. The lowest BCUT2D eigenvalue weighted by atomic mass is 10.1. The molecular formula is C17H20N2O. The topological polar surface area (TPSA) is 34.0 Å². The molecule has 1 aromatic heterocycles. The van der Waals surface area contributed by atoms with E-state index in [1.165, 1.54) is 16.7 Å². The number of carbonyl (C=O) groups is 1. The summed E-state index contributed by atoms with van der Waals surface area (Å²) in [7, 11) is 0. The first-order valence-corrected chi connectivity index (χ1v) is 6.85. The van der Waals surface area contributed by atoms with Crippen molar-refractivity contribution in [1.82, 2.24) is 9.88 Å². The fraction of sp³-hybridized carbons (Fsp3) is 0.235. The normalized spacial score (nSPS) is 10.8. The zero-order valence-electron chi connectivity index (χ0n) is 11.8.